The van der Waals surface area contributed by atoms with Gasteiger partial charge in [-0.3, -0.25) is 0 Å². The fourth-order valence-electron chi connectivity index (χ4n) is 0. The Morgan fingerprint density at radius 1 is 0.833 bits per heavy atom. The minimum absolute atomic E-state index is 0. The zero-order valence-corrected chi connectivity index (χ0v) is 10.1. The Bertz CT molecular complexity index is 13.5. The summed E-state index contributed by atoms with van der Waals surface area (Å²) in [6.45, 7) is 0. The lowest BCUT2D eigenvalue weighted by Crippen LogP contribution is -1.60. The van der Waals surface area contributed by atoms with Gasteiger partial charge >= 0.3 is 8.67 Å². The smallest absolute Gasteiger partial charge is 0.181 e. The molecule has 0 bridgehead atoms. The number of halogens is 5. The van der Waals surface area contributed by atoms with Gasteiger partial charge in [0, 0.05) is 0 Å². The van der Waals surface area contributed by atoms with Crippen LogP contribution < -0.4 is 0 Å². The summed E-state index contributed by atoms with van der Waals surface area (Å²) in [5.41, 5.74) is 0. The molecule has 0 aromatic heterocycles. The van der Waals surface area contributed by atoms with Gasteiger partial charge in [-0.05, 0) is 0 Å². The molecule has 0 nitrogen and oxygen atoms in total. The molecular formula is H2AlBr3Cl2. The van der Waals surface area contributed by atoms with E-state index in [1.807, 2.05) is 0 Å². The first kappa shape index (κ1) is 15.8. The molecule has 0 saturated heterocycles. The molecule has 0 aromatic rings. The van der Waals surface area contributed by atoms with Crippen molar-refractivity contribution in [3.8, 4) is 0 Å². The van der Waals surface area contributed by atoms with Crippen LogP contribution in [0, 0.1) is 0 Å². The Kier molecular flexibility index (Phi) is 27.7. The minimum Gasteiger partial charge on any atom is -0.181 e. The lowest BCUT2D eigenvalue weighted by Gasteiger charge is -1.59. The molecule has 40 valence electrons. The first-order valence-corrected chi connectivity index (χ1v) is 10.2. The first-order valence-electron chi connectivity index (χ1n) is 0.655. The highest BCUT2D eigenvalue weighted by molar-refractivity contribution is 9.69. The van der Waals surface area contributed by atoms with Crippen LogP contribution in [0.5, 0.6) is 0 Å². The van der Waals surface area contributed by atoms with E-state index in [2.05, 4.69) is 42.2 Å². The van der Waals surface area contributed by atoms with Crippen LogP contribution in [0.2, 0.25) is 0 Å². The Morgan fingerprint density at radius 3 is 0.833 bits per heavy atom. The van der Waals surface area contributed by atoms with E-state index >= 15 is 0 Å². The maximum absolute atomic E-state index is 3.24. The van der Waals surface area contributed by atoms with Crippen molar-refractivity contribution in [1.29, 1.82) is 0 Å². The molecule has 0 fully saturated rings. The van der Waals surface area contributed by atoms with Crippen molar-refractivity contribution in [3.05, 3.63) is 0 Å². The summed E-state index contributed by atoms with van der Waals surface area (Å²) in [7, 11) is -0.701. The normalized spacial score (nSPS) is 4.50. The summed E-state index contributed by atoms with van der Waals surface area (Å²) in [6, 6.07) is 0. The summed E-state index contributed by atoms with van der Waals surface area (Å²) in [5, 5.41) is 0. The SMILES string of the molecule is Cl.Cl.[Br][Al]([Br])[Br]. The highest BCUT2D eigenvalue weighted by Gasteiger charge is 1.95. The van der Waals surface area contributed by atoms with Gasteiger partial charge in [-0.15, -0.1) is 24.8 Å². The predicted molar refractivity (Wildman–Crippen MR) is 47.0 cm³/mol. The summed E-state index contributed by atoms with van der Waals surface area (Å²) < 4.78 is 0. The minimum atomic E-state index is -0.701. The molecule has 0 aliphatic heterocycles. The predicted octanol–water partition coefficient (Wildman–Crippen LogP) is 3.00. The lowest BCUT2D eigenvalue weighted by molar-refractivity contribution is 4.99. The summed E-state index contributed by atoms with van der Waals surface area (Å²) in [4.78, 5) is 0. The van der Waals surface area contributed by atoms with E-state index in [4.69, 9.17) is 0 Å². The van der Waals surface area contributed by atoms with Gasteiger partial charge in [-0.1, -0.05) is 0 Å². The monoisotopic (exact) mass is 336 g/mol. The molecule has 0 radical (unpaired) electrons. The molecule has 0 heterocycles. The van der Waals surface area contributed by atoms with Crippen molar-refractivity contribution in [3.63, 3.8) is 0 Å². The van der Waals surface area contributed by atoms with Crippen LogP contribution in [0.4, 0.5) is 0 Å². The van der Waals surface area contributed by atoms with E-state index in [-0.39, 0.29) is 24.8 Å². The van der Waals surface area contributed by atoms with Gasteiger partial charge < -0.3 is 0 Å². The molecular weight excluding hydrogens is 338 g/mol. The Morgan fingerprint density at radius 2 is 0.833 bits per heavy atom. The molecule has 0 rings (SSSR count). The van der Waals surface area contributed by atoms with Gasteiger partial charge in [0.2, 0.25) is 0 Å². The van der Waals surface area contributed by atoms with Crippen molar-refractivity contribution in [2.45, 2.75) is 0 Å². The second kappa shape index (κ2) is 10.5. The average Bonchev–Trinajstić information content (AvgIpc) is 0.811. The lowest BCUT2D eigenvalue weighted by atomic mass is 26.9. The van der Waals surface area contributed by atoms with Gasteiger partial charge in [0.15, 0.2) is 0 Å². The molecule has 0 atom stereocenters. The fraction of sp³-hybridized carbons (Fsp3) is 0. The molecule has 6 heteroatoms. The average molecular weight is 340 g/mol. The largest absolute Gasteiger partial charge is 0.542 e. The van der Waals surface area contributed by atoms with E-state index in [0.717, 1.165) is 0 Å². The van der Waals surface area contributed by atoms with E-state index in [1.54, 1.807) is 0 Å². The zero-order chi connectivity index (χ0) is 3.58. The van der Waals surface area contributed by atoms with E-state index in [1.165, 1.54) is 0 Å². The number of hydrogen-bond acceptors (Lipinski definition) is 0. The highest BCUT2D eigenvalue weighted by atomic mass is 80.0. The Balaban J connectivity index is -0.0000000450. The molecule has 0 unspecified atom stereocenters. The van der Waals surface area contributed by atoms with Gasteiger partial charge in [0.25, 0.3) is 0 Å². The second-order valence-electron chi connectivity index (χ2n) is 0.247. The van der Waals surface area contributed by atoms with E-state index in [9.17, 15) is 0 Å². The molecule has 0 aliphatic rings. The van der Waals surface area contributed by atoms with Crippen molar-refractivity contribution >= 4 is 75.6 Å². The van der Waals surface area contributed by atoms with Crippen molar-refractivity contribution < 1.29 is 0 Å². The maximum Gasteiger partial charge on any atom is 0.542 e. The fourth-order valence-corrected chi connectivity index (χ4v) is 0. The van der Waals surface area contributed by atoms with Crippen LogP contribution in [0.3, 0.4) is 0 Å². The van der Waals surface area contributed by atoms with Crippen LogP contribution in [0.1, 0.15) is 0 Å². The third-order valence-electron chi connectivity index (χ3n) is 0. The molecule has 0 amide bonds. The molecule has 0 saturated carbocycles. The Labute approximate surface area is 74.6 Å². The summed E-state index contributed by atoms with van der Waals surface area (Å²) >= 11 is 9.73. The van der Waals surface area contributed by atoms with Gasteiger partial charge in [-0.2, -0.15) is 42.2 Å². The maximum atomic E-state index is 3.24. The summed E-state index contributed by atoms with van der Waals surface area (Å²) in [6.07, 6.45) is 0. The standard InChI is InChI=1S/Al.3BrH.2ClH/h;5*1H/q+3;;;;;/p-3. The quantitative estimate of drug-likeness (QED) is 0.595. The molecule has 0 spiro atoms. The number of hydrogen-bond donors (Lipinski definition) is 0. The van der Waals surface area contributed by atoms with Crippen LogP contribution in [0.25, 0.3) is 0 Å². The van der Waals surface area contributed by atoms with Gasteiger partial charge in [0.05, 0.1) is 0 Å². The molecule has 6 heavy (non-hydrogen) atoms. The second-order valence-corrected chi connectivity index (χ2v) is 20.0. The van der Waals surface area contributed by atoms with Crippen molar-refractivity contribution in [2.75, 3.05) is 0 Å². The number of rotatable bonds is 0. The molecule has 0 N–H and O–H groups in total. The third-order valence-corrected chi connectivity index (χ3v) is 0. The van der Waals surface area contributed by atoms with Gasteiger partial charge in [-0.25, -0.2) is 0 Å². The van der Waals surface area contributed by atoms with Crippen LogP contribution >= 0.6 is 67.0 Å². The molecule has 0 aliphatic carbocycles. The van der Waals surface area contributed by atoms with Crippen LogP contribution in [-0.4, -0.2) is 8.67 Å². The van der Waals surface area contributed by atoms with E-state index in [0.29, 0.717) is 0 Å². The summed E-state index contributed by atoms with van der Waals surface area (Å²) in [5.74, 6) is 0. The molecule has 0 aromatic carbocycles. The van der Waals surface area contributed by atoms with Crippen LogP contribution in [0.15, 0.2) is 0 Å². The highest BCUT2D eigenvalue weighted by Crippen LogP contribution is 2.07. The van der Waals surface area contributed by atoms with Crippen LogP contribution in [-0.2, 0) is 0 Å². The first-order chi connectivity index (χ1) is 1.73. The van der Waals surface area contributed by atoms with Crippen molar-refractivity contribution in [2.24, 2.45) is 0 Å². The topological polar surface area (TPSA) is 0 Å². The zero-order valence-electron chi connectivity index (χ0n) is 2.53. The van der Waals surface area contributed by atoms with Gasteiger partial charge in [0.1, 0.15) is 0 Å². The third kappa shape index (κ3) is 31.0. The Hall–Kier alpha value is 2.55. The van der Waals surface area contributed by atoms with Crippen molar-refractivity contribution in [1.82, 2.24) is 0 Å². The van der Waals surface area contributed by atoms with E-state index < -0.39 is 8.67 Å².